The smallest absolute Gasteiger partial charge is 0.407 e. The highest BCUT2D eigenvalue weighted by Gasteiger charge is 2.33. The maximum absolute atomic E-state index is 13.4. The molecule has 0 radical (unpaired) electrons. The van der Waals surface area contributed by atoms with Crippen LogP contribution in [0.3, 0.4) is 0 Å². The normalized spacial score (nSPS) is 13.7. The number of aliphatic carboxylic acids is 1. The third kappa shape index (κ3) is 6.62. The third-order valence-corrected chi connectivity index (χ3v) is 6.22. The van der Waals surface area contributed by atoms with E-state index in [9.17, 15) is 14.4 Å². The van der Waals surface area contributed by atoms with Crippen molar-refractivity contribution >= 4 is 18.0 Å². The minimum Gasteiger partial charge on any atom is -0.481 e. The Bertz CT molecular complexity index is 1030. The molecule has 1 unspecified atom stereocenters. The molecule has 0 bridgehead atoms. The molecule has 1 aliphatic rings. The maximum Gasteiger partial charge on any atom is 0.407 e. The molecular formula is C28H36N2O5. The van der Waals surface area contributed by atoms with Crippen molar-refractivity contribution in [3.8, 4) is 11.1 Å². The predicted octanol–water partition coefficient (Wildman–Crippen LogP) is 5.04. The Hall–Kier alpha value is -3.35. The van der Waals surface area contributed by atoms with E-state index < -0.39 is 18.1 Å². The number of carbonyl (C=O) groups excluding carboxylic acids is 2. The lowest BCUT2D eigenvalue weighted by atomic mass is 9.87. The molecule has 7 nitrogen and oxygen atoms in total. The van der Waals surface area contributed by atoms with E-state index in [0.717, 1.165) is 22.3 Å². The number of nitrogens with zero attached hydrogens (tertiary/aromatic N) is 1. The molecule has 2 amide bonds. The first-order chi connectivity index (χ1) is 16.5. The van der Waals surface area contributed by atoms with Gasteiger partial charge in [0.2, 0.25) is 5.91 Å². The van der Waals surface area contributed by atoms with Gasteiger partial charge in [-0.1, -0.05) is 69.3 Å². The van der Waals surface area contributed by atoms with Crippen molar-refractivity contribution in [3.63, 3.8) is 0 Å². The van der Waals surface area contributed by atoms with Crippen molar-refractivity contribution in [2.75, 3.05) is 13.2 Å². The molecule has 0 aromatic heterocycles. The number of amides is 2. The van der Waals surface area contributed by atoms with E-state index in [1.807, 2.05) is 58.9 Å². The van der Waals surface area contributed by atoms with Gasteiger partial charge in [-0.2, -0.15) is 0 Å². The third-order valence-electron chi connectivity index (χ3n) is 6.22. The van der Waals surface area contributed by atoms with E-state index in [4.69, 9.17) is 9.84 Å². The van der Waals surface area contributed by atoms with Gasteiger partial charge < -0.3 is 20.1 Å². The second kappa shape index (κ2) is 10.9. The highest BCUT2D eigenvalue weighted by molar-refractivity contribution is 5.86. The first-order valence-corrected chi connectivity index (χ1v) is 12.1. The molecule has 0 saturated heterocycles. The summed E-state index contributed by atoms with van der Waals surface area (Å²) in [5.74, 6) is -1.35. The summed E-state index contributed by atoms with van der Waals surface area (Å²) in [6, 6.07) is 15.2. The number of fused-ring (bicyclic) bond motifs is 3. The van der Waals surface area contributed by atoms with Gasteiger partial charge in [0, 0.05) is 18.5 Å². The number of carboxylic acids is 1. The number of hydrogen-bond acceptors (Lipinski definition) is 4. The number of carboxylic acid groups (broad SMARTS) is 1. The van der Waals surface area contributed by atoms with Crippen LogP contribution in [0.1, 0.15) is 64.5 Å². The molecule has 1 atom stereocenters. The fourth-order valence-corrected chi connectivity index (χ4v) is 4.63. The van der Waals surface area contributed by atoms with E-state index in [1.165, 1.54) is 4.90 Å². The number of hydrogen-bond donors (Lipinski definition) is 2. The van der Waals surface area contributed by atoms with Crippen molar-refractivity contribution in [1.82, 2.24) is 10.2 Å². The fraction of sp³-hybridized carbons (Fsp3) is 0.464. The van der Waals surface area contributed by atoms with Crippen LogP contribution in [0.2, 0.25) is 0 Å². The van der Waals surface area contributed by atoms with E-state index in [1.54, 1.807) is 0 Å². The van der Waals surface area contributed by atoms with Gasteiger partial charge in [-0.3, -0.25) is 9.59 Å². The average Bonchev–Trinajstić information content (AvgIpc) is 3.09. The number of ether oxygens (including phenoxy) is 1. The van der Waals surface area contributed by atoms with E-state index in [-0.39, 0.29) is 42.9 Å². The maximum atomic E-state index is 13.4. The number of rotatable bonds is 9. The van der Waals surface area contributed by atoms with Gasteiger partial charge in [0.25, 0.3) is 0 Å². The van der Waals surface area contributed by atoms with Gasteiger partial charge in [-0.05, 0) is 47.9 Å². The highest BCUT2D eigenvalue weighted by Crippen LogP contribution is 2.44. The Labute approximate surface area is 207 Å². The van der Waals surface area contributed by atoms with Crippen molar-refractivity contribution in [2.24, 2.45) is 5.41 Å². The molecule has 0 heterocycles. The lowest BCUT2D eigenvalue weighted by Gasteiger charge is -2.33. The number of benzene rings is 2. The lowest BCUT2D eigenvalue weighted by molar-refractivity contribution is -0.140. The van der Waals surface area contributed by atoms with Crippen LogP contribution in [0.5, 0.6) is 0 Å². The molecule has 35 heavy (non-hydrogen) atoms. The van der Waals surface area contributed by atoms with Crippen molar-refractivity contribution in [1.29, 1.82) is 0 Å². The lowest BCUT2D eigenvalue weighted by Crippen LogP contribution is -2.52. The van der Waals surface area contributed by atoms with Crippen LogP contribution in [-0.2, 0) is 14.3 Å². The molecule has 0 aliphatic heterocycles. The number of alkyl carbamates (subject to hydrolysis) is 1. The quantitative estimate of drug-likeness (QED) is 0.524. The Balaban J connectivity index is 1.72. The summed E-state index contributed by atoms with van der Waals surface area (Å²) in [6.45, 7) is 9.88. The minimum absolute atomic E-state index is 0.0763. The van der Waals surface area contributed by atoms with Crippen molar-refractivity contribution in [2.45, 2.75) is 65.5 Å². The Morgan fingerprint density at radius 3 is 2.03 bits per heavy atom. The molecule has 2 aromatic rings. The van der Waals surface area contributed by atoms with Crippen LogP contribution in [-0.4, -0.2) is 53.2 Å². The number of carbonyl (C=O) groups is 3. The van der Waals surface area contributed by atoms with Crippen LogP contribution in [0, 0.1) is 5.41 Å². The summed E-state index contributed by atoms with van der Waals surface area (Å²) in [4.78, 5) is 38.8. The topological polar surface area (TPSA) is 95.9 Å². The largest absolute Gasteiger partial charge is 0.481 e. The zero-order chi connectivity index (χ0) is 25.8. The first kappa shape index (κ1) is 26.3. The molecule has 0 fully saturated rings. The van der Waals surface area contributed by atoms with Crippen molar-refractivity contribution in [3.05, 3.63) is 59.7 Å². The zero-order valence-electron chi connectivity index (χ0n) is 21.2. The molecule has 2 aromatic carbocycles. The first-order valence-electron chi connectivity index (χ1n) is 12.1. The van der Waals surface area contributed by atoms with Gasteiger partial charge >= 0.3 is 12.1 Å². The average molecular weight is 481 g/mol. The van der Waals surface area contributed by atoms with Gasteiger partial charge in [-0.25, -0.2) is 4.79 Å². The number of nitrogens with one attached hydrogen (secondary N) is 1. The van der Waals surface area contributed by atoms with Crippen LogP contribution in [0.25, 0.3) is 11.1 Å². The molecule has 2 N–H and O–H groups in total. The van der Waals surface area contributed by atoms with Crippen LogP contribution < -0.4 is 5.32 Å². The van der Waals surface area contributed by atoms with E-state index in [0.29, 0.717) is 6.42 Å². The Morgan fingerprint density at radius 1 is 1.00 bits per heavy atom. The monoisotopic (exact) mass is 480 g/mol. The molecule has 188 valence electrons. The molecule has 0 spiro atoms. The van der Waals surface area contributed by atoms with E-state index >= 15 is 0 Å². The fourth-order valence-electron chi connectivity index (χ4n) is 4.63. The van der Waals surface area contributed by atoms with Crippen molar-refractivity contribution < 1.29 is 24.2 Å². The predicted molar refractivity (Wildman–Crippen MR) is 135 cm³/mol. The van der Waals surface area contributed by atoms with Gasteiger partial charge in [0.15, 0.2) is 0 Å². The van der Waals surface area contributed by atoms with Crippen LogP contribution in [0.15, 0.2) is 48.5 Å². The van der Waals surface area contributed by atoms with Crippen LogP contribution in [0.4, 0.5) is 4.79 Å². The summed E-state index contributed by atoms with van der Waals surface area (Å²) in [5, 5.41) is 11.9. The summed E-state index contributed by atoms with van der Waals surface area (Å²) in [7, 11) is 0. The summed E-state index contributed by atoms with van der Waals surface area (Å²) in [6.07, 6.45) is -0.417. The molecule has 0 saturated carbocycles. The molecular weight excluding hydrogens is 444 g/mol. The minimum atomic E-state index is -0.972. The second-order valence-electron chi connectivity index (χ2n) is 10.6. The summed E-state index contributed by atoms with van der Waals surface area (Å²) >= 11 is 0. The molecule has 1 aliphatic carbocycles. The zero-order valence-corrected chi connectivity index (χ0v) is 21.2. The van der Waals surface area contributed by atoms with Crippen LogP contribution >= 0.6 is 0 Å². The SMILES string of the molecule is CC(C)N(CCC(=O)O)C(=O)C(CC(C)(C)C)NC(=O)OCC1c2ccccc2-c2ccccc21. The Morgan fingerprint density at radius 2 is 1.54 bits per heavy atom. The second-order valence-corrected chi connectivity index (χ2v) is 10.6. The Kier molecular flexibility index (Phi) is 8.20. The van der Waals surface area contributed by atoms with Gasteiger partial charge in [-0.15, -0.1) is 0 Å². The summed E-state index contributed by atoms with van der Waals surface area (Å²) in [5.41, 5.74) is 4.27. The summed E-state index contributed by atoms with van der Waals surface area (Å²) < 4.78 is 5.66. The molecule has 3 rings (SSSR count). The standard InChI is InChI=1S/C28H36N2O5/c1-18(2)30(15-14-25(31)32)26(33)24(16-28(3,4)5)29-27(34)35-17-23-21-12-8-6-10-19(21)20-11-7-9-13-22(20)23/h6-13,18,23-24H,14-17H2,1-5H3,(H,29,34)(H,31,32). The van der Waals surface area contributed by atoms with Gasteiger partial charge in [0.05, 0.1) is 6.42 Å². The molecule has 7 heteroatoms. The van der Waals surface area contributed by atoms with E-state index in [2.05, 4.69) is 29.6 Å². The van der Waals surface area contributed by atoms with Gasteiger partial charge in [0.1, 0.15) is 12.6 Å². The highest BCUT2D eigenvalue weighted by atomic mass is 16.5.